The van der Waals surface area contributed by atoms with Crippen molar-refractivity contribution in [2.45, 2.75) is 20.3 Å². The first-order valence-electron chi connectivity index (χ1n) is 4.24. The maximum Gasteiger partial charge on any atom is 0.240 e. The summed E-state index contributed by atoms with van der Waals surface area (Å²) in [5, 5.41) is 0. The first kappa shape index (κ1) is 9.62. The zero-order valence-corrected chi connectivity index (χ0v) is 7.82. The zero-order valence-electron chi connectivity index (χ0n) is 7.82. The monoisotopic (exact) mass is 176 g/mol. The van der Waals surface area contributed by atoms with Gasteiger partial charge in [0.1, 0.15) is 0 Å². The molecule has 1 aromatic rings. The third-order valence-corrected chi connectivity index (χ3v) is 1.60. The molecular formula is C10H12N2O. The van der Waals surface area contributed by atoms with Crippen LogP contribution in [0.15, 0.2) is 23.5 Å². The van der Waals surface area contributed by atoms with E-state index >= 15 is 0 Å². The minimum Gasteiger partial charge on any atom is -0.262 e. The molecule has 3 nitrogen and oxygen atoms in total. The number of hydrogen-bond acceptors (Lipinski definition) is 3. The summed E-state index contributed by atoms with van der Waals surface area (Å²) in [5.41, 5.74) is 1.68. The van der Waals surface area contributed by atoms with Gasteiger partial charge in [0.15, 0.2) is 0 Å². The Labute approximate surface area is 77.5 Å². The van der Waals surface area contributed by atoms with Gasteiger partial charge >= 0.3 is 0 Å². The number of nitrogens with zero attached hydrogens (tertiary/aromatic N) is 2. The molecule has 1 heterocycles. The van der Waals surface area contributed by atoms with Crippen LogP contribution in [-0.4, -0.2) is 11.1 Å². The predicted octanol–water partition coefficient (Wildman–Crippen LogP) is 2.25. The number of aliphatic imine (C=N–C) groups is 1. The molecule has 1 aromatic heterocycles. The first-order chi connectivity index (χ1) is 6.22. The normalized spacial score (nSPS) is 9.77. The van der Waals surface area contributed by atoms with E-state index in [0.717, 1.165) is 12.0 Å². The smallest absolute Gasteiger partial charge is 0.240 e. The topological polar surface area (TPSA) is 42.3 Å². The number of hydrogen-bond donors (Lipinski definition) is 0. The summed E-state index contributed by atoms with van der Waals surface area (Å²) in [6.07, 6.45) is 5.80. The first-order valence-corrected chi connectivity index (χ1v) is 4.24. The van der Waals surface area contributed by atoms with Gasteiger partial charge in [0.05, 0.1) is 11.9 Å². The maximum absolute atomic E-state index is 9.99. The Morgan fingerprint density at radius 2 is 2.31 bits per heavy atom. The molecule has 0 aromatic carbocycles. The van der Waals surface area contributed by atoms with Crippen LogP contribution < -0.4 is 0 Å². The molecule has 0 aliphatic rings. The molecule has 0 radical (unpaired) electrons. The van der Waals surface area contributed by atoms with Crippen LogP contribution in [0, 0.1) is 5.92 Å². The van der Waals surface area contributed by atoms with Gasteiger partial charge in [0.2, 0.25) is 6.08 Å². The fourth-order valence-electron chi connectivity index (χ4n) is 1.17. The van der Waals surface area contributed by atoms with E-state index in [0.29, 0.717) is 11.6 Å². The lowest BCUT2D eigenvalue weighted by molar-refractivity contribution is 0.565. The Morgan fingerprint density at radius 1 is 1.54 bits per heavy atom. The van der Waals surface area contributed by atoms with E-state index < -0.39 is 0 Å². The Balaban J connectivity index is 2.85. The van der Waals surface area contributed by atoms with E-state index in [1.165, 1.54) is 6.08 Å². The van der Waals surface area contributed by atoms with E-state index in [-0.39, 0.29) is 0 Å². The highest BCUT2D eigenvalue weighted by Crippen LogP contribution is 2.14. The third-order valence-electron chi connectivity index (χ3n) is 1.60. The highest BCUT2D eigenvalue weighted by molar-refractivity contribution is 5.48. The molecule has 0 saturated heterocycles. The Kier molecular flexibility index (Phi) is 3.35. The molecule has 1 rings (SSSR count). The number of carbonyl (C=O) groups excluding carboxylic acids is 1. The van der Waals surface area contributed by atoms with Gasteiger partial charge in [-0.2, -0.15) is 4.99 Å². The molecule has 0 amide bonds. The van der Waals surface area contributed by atoms with Crippen molar-refractivity contribution in [3.05, 3.63) is 24.0 Å². The van der Waals surface area contributed by atoms with Crippen LogP contribution in [0.2, 0.25) is 0 Å². The lowest BCUT2D eigenvalue weighted by Crippen LogP contribution is -1.93. The lowest BCUT2D eigenvalue weighted by atomic mass is 10.0. The summed E-state index contributed by atoms with van der Waals surface area (Å²) >= 11 is 0. The van der Waals surface area contributed by atoms with E-state index in [4.69, 9.17) is 0 Å². The molecule has 0 spiro atoms. The van der Waals surface area contributed by atoms with E-state index in [1.54, 1.807) is 12.4 Å². The second-order valence-corrected chi connectivity index (χ2v) is 3.35. The van der Waals surface area contributed by atoms with Crippen LogP contribution in [0.1, 0.15) is 19.4 Å². The minimum absolute atomic E-state index is 0.577. The maximum atomic E-state index is 9.99. The summed E-state index contributed by atoms with van der Waals surface area (Å²) in [6.45, 7) is 4.27. The van der Waals surface area contributed by atoms with Gasteiger partial charge < -0.3 is 0 Å². The average molecular weight is 176 g/mol. The summed E-state index contributed by atoms with van der Waals surface area (Å²) in [5.74, 6) is 0.581. The van der Waals surface area contributed by atoms with Crippen molar-refractivity contribution in [3.8, 4) is 0 Å². The van der Waals surface area contributed by atoms with Crippen molar-refractivity contribution in [2.24, 2.45) is 10.9 Å². The Hall–Kier alpha value is -1.47. The molecule has 13 heavy (non-hydrogen) atoms. The van der Waals surface area contributed by atoms with Gasteiger partial charge in [-0.3, -0.25) is 4.98 Å². The van der Waals surface area contributed by atoms with Crippen LogP contribution >= 0.6 is 0 Å². The van der Waals surface area contributed by atoms with Gasteiger partial charge in [0.25, 0.3) is 0 Å². The molecule has 0 fully saturated rings. The van der Waals surface area contributed by atoms with Gasteiger partial charge in [-0.25, -0.2) is 4.79 Å². The van der Waals surface area contributed by atoms with Crippen molar-refractivity contribution in [2.75, 3.05) is 0 Å². The van der Waals surface area contributed by atoms with Gasteiger partial charge in [-0.05, 0) is 24.0 Å². The summed E-state index contributed by atoms with van der Waals surface area (Å²) in [4.78, 5) is 17.5. The fraction of sp³-hybridized carbons (Fsp3) is 0.400. The fourth-order valence-corrected chi connectivity index (χ4v) is 1.17. The lowest BCUT2D eigenvalue weighted by Gasteiger charge is -2.03. The highest BCUT2D eigenvalue weighted by Gasteiger charge is 1.98. The molecule has 0 aliphatic heterocycles. The van der Waals surface area contributed by atoms with E-state index in [2.05, 4.69) is 23.8 Å². The van der Waals surface area contributed by atoms with Crippen molar-refractivity contribution in [1.29, 1.82) is 0 Å². The second-order valence-electron chi connectivity index (χ2n) is 3.35. The van der Waals surface area contributed by atoms with Crippen LogP contribution in [-0.2, 0) is 11.2 Å². The zero-order chi connectivity index (χ0) is 9.68. The SMILES string of the molecule is CC(C)Cc1cncc(N=C=O)c1. The molecular weight excluding hydrogens is 164 g/mol. The molecule has 68 valence electrons. The third kappa shape index (κ3) is 3.18. The van der Waals surface area contributed by atoms with Crippen LogP contribution in [0.5, 0.6) is 0 Å². The van der Waals surface area contributed by atoms with Crippen molar-refractivity contribution in [1.82, 2.24) is 4.98 Å². The number of isocyanates is 1. The summed E-state index contributed by atoms with van der Waals surface area (Å²) < 4.78 is 0. The van der Waals surface area contributed by atoms with Gasteiger partial charge in [-0.1, -0.05) is 13.8 Å². The molecule has 0 atom stereocenters. The van der Waals surface area contributed by atoms with Crippen molar-refractivity contribution < 1.29 is 4.79 Å². The number of pyridine rings is 1. The van der Waals surface area contributed by atoms with Crippen LogP contribution in [0.25, 0.3) is 0 Å². The van der Waals surface area contributed by atoms with Gasteiger partial charge in [0, 0.05) is 6.20 Å². The summed E-state index contributed by atoms with van der Waals surface area (Å²) in [7, 11) is 0. The molecule has 0 bridgehead atoms. The highest BCUT2D eigenvalue weighted by atomic mass is 16.1. The number of rotatable bonds is 3. The van der Waals surface area contributed by atoms with Crippen LogP contribution in [0.3, 0.4) is 0 Å². The Bertz CT molecular complexity index is 327. The standard InChI is InChI=1S/C10H12N2O/c1-8(2)3-9-4-10(12-7-13)6-11-5-9/h4-6,8H,3H2,1-2H3. The van der Waals surface area contributed by atoms with Crippen LogP contribution in [0.4, 0.5) is 5.69 Å². The number of aromatic nitrogens is 1. The molecule has 0 saturated carbocycles. The van der Waals surface area contributed by atoms with Gasteiger partial charge in [-0.15, -0.1) is 0 Å². The summed E-state index contributed by atoms with van der Waals surface area (Å²) in [6, 6.07) is 1.86. The molecule has 0 N–H and O–H groups in total. The molecule has 3 heteroatoms. The predicted molar refractivity (Wildman–Crippen MR) is 50.6 cm³/mol. The molecule has 0 aliphatic carbocycles. The second kappa shape index (κ2) is 4.53. The molecule has 0 unspecified atom stereocenters. The quantitative estimate of drug-likeness (QED) is 0.523. The van der Waals surface area contributed by atoms with E-state index in [9.17, 15) is 4.79 Å². The largest absolute Gasteiger partial charge is 0.262 e. The Morgan fingerprint density at radius 3 is 2.92 bits per heavy atom. The average Bonchev–Trinajstić information content (AvgIpc) is 2.04. The van der Waals surface area contributed by atoms with Crippen molar-refractivity contribution >= 4 is 11.8 Å². The minimum atomic E-state index is 0.577. The van der Waals surface area contributed by atoms with Crippen molar-refractivity contribution in [3.63, 3.8) is 0 Å². The van der Waals surface area contributed by atoms with E-state index in [1.807, 2.05) is 6.07 Å².